The van der Waals surface area contributed by atoms with Crippen LogP contribution in [0.2, 0.25) is 0 Å². The Morgan fingerprint density at radius 1 is 1.21 bits per heavy atom. The summed E-state index contributed by atoms with van der Waals surface area (Å²) in [6.45, 7) is 7.74. The summed E-state index contributed by atoms with van der Waals surface area (Å²) >= 11 is 0. The highest BCUT2D eigenvalue weighted by Gasteiger charge is 2.27. The summed E-state index contributed by atoms with van der Waals surface area (Å²) in [7, 11) is 1.73. The van der Waals surface area contributed by atoms with Crippen LogP contribution < -0.4 is 5.32 Å². The molecule has 2 rings (SSSR count). The summed E-state index contributed by atoms with van der Waals surface area (Å²) < 4.78 is 5.39. The van der Waals surface area contributed by atoms with E-state index in [2.05, 4.69) is 5.32 Å². The topological polar surface area (TPSA) is 79.0 Å². The molecule has 1 aromatic carbocycles. The molecule has 1 aliphatic rings. The largest absolute Gasteiger partial charge is 0.444 e. The van der Waals surface area contributed by atoms with Gasteiger partial charge in [-0.15, -0.1) is 0 Å². The Morgan fingerprint density at radius 3 is 2.55 bits per heavy atom. The van der Waals surface area contributed by atoms with E-state index in [1.165, 1.54) is 0 Å². The minimum Gasteiger partial charge on any atom is -0.444 e. The van der Waals surface area contributed by atoms with Crippen LogP contribution in [-0.2, 0) is 9.53 Å². The highest BCUT2D eigenvalue weighted by atomic mass is 16.6. The normalized spacial score (nSPS) is 16.8. The van der Waals surface area contributed by atoms with Crippen LogP contribution in [-0.4, -0.2) is 66.5 Å². The number of ether oxygens (including phenoxy) is 1. The lowest BCUT2D eigenvalue weighted by molar-refractivity contribution is -0.132. The second kappa shape index (κ2) is 10.3. The molecule has 0 aromatic heterocycles. The van der Waals surface area contributed by atoms with Crippen LogP contribution in [0.1, 0.15) is 50.4 Å². The minimum atomic E-state index is -0.524. The number of piperidine rings is 1. The zero-order valence-electron chi connectivity index (χ0n) is 17.9. The van der Waals surface area contributed by atoms with Crippen molar-refractivity contribution in [2.24, 2.45) is 5.92 Å². The van der Waals surface area contributed by atoms with Crippen molar-refractivity contribution in [1.29, 1.82) is 0 Å². The van der Waals surface area contributed by atoms with Crippen molar-refractivity contribution in [3.63, 3.8) is 0 Å². The molecule has 0 saturated carbocycles. The van der Waals surface area contributed by atoms with Crippen molar-refractivity contribution in [1.82, 2.24) is 15.1 Å². The van der Waals surface area contributed by atoms with Gasteiger partial charge in [-0.1, -0.05) is 18.2 Å². The van der Waals surface area contributed by atoms with Crippen LogP contribution in [0, 0.1) is 5.92 Å². The predicted octanol–water partition coefficient (Wildman–Crippen LogP) is 2.91. The highest BCUT2D eigenvalue weighted by molar-refractivity contribution is 5.94. The number of rotatable bonds is 6. The fourth-order valence-electron chi connectivity index (χ4n) is 3.37. The van der Waals surface area contributed by atoms with Crippen LogP contribution in [0.4, 0.5) is 4.79 Å². The molecule has 29 heavy (non-hydrogen) atoms. The first-order valence-corrected chi connectivity index (χ1v) is 10.2. The van der Waals surface area contributed by atoms with Crippen molar-refractivity contribution in [3.8, 4) is 0 Å². The third kappa shape index (κ3) is 7.75. The number of nitrogens with zero attached hydrogens (tertiary/aromatic N) is 2. The van der Waals surface area contributed by atoms with Gasteiger partial charge < -0.3 is 19.9 Å². The minimum absolute atomic E-state index is 0.0305. The Bertz CT molecular complexity index is 700. The van der Waals surface area contributed by atoms with Gasteiger partial charge in [0.2, 0.25) is 5.91 Å². The van der Waals surface area contributed by atoms with Crippen LogP contribution in [0.5, 0.6) is 0 Å². The van der Waals surface area contributed by atoms with Gasteiger partial charge in [-0.25, -0.2) is 4.79 Å². The average molecular weight is 404 g/mol. The van der Waals surface area contributed by atoms with Crippen molar-refractivity contribution in [2.45, 2.75) is 45.6 Å². The van der Waals surface area contributed by atoms with E-state index in [1.54, 1.807) is 24.1 Å². The molecule has 160 valence electrons. The van der Waals surface area contributed by atoms with Crippen LogP contribution in [0.25, 0.3) is 0 Å². The van der Waals surface area contributed by atoms with E-state index in [9.17, 15) is 14.4 Å². The van der Waals surface area contributed by atoms with Gasteiger partial charge in [0, 0.05) is 45.2 Å². The molecule has 0 aliphatic carbocycles. The monoisotopic (exact) mass is 403 g/mol. The molecular formula is C22H33N3O4. The van der Waals surface area contributed by atoms with E-state index < -0.39 is 5.60 Å². The quantitative estimate of drug-likeness (QED) is 0.792. The molecule has 3 amide bonds. The van der Waals surface area contributed by atoms with Crippen molar-refractivity contribution in [2.75, 3.05) is 33.2 Å². The van der Waals surface area contributed by atoms with Gasteiger partial charge in [-0.05, 0) is 51.7 Å². The Labute approximate surface area is 173 Å². The number of nitrogens with one attached hydrogen (secondary N) is 1. The highest BCUT2D eigenvalue weighted by Crippen LogP contribution is 2.19. The molecule has 1 atom stereocenters. The first kappa shape index (κ1) is 22.7. The van der Waals surface area contributed by atoms with E-state index in [-0.39, 0.29) is 30.2 Å². The second-order valence-electron chi connectivity index (χ2n) is 8.58. The number of carbonyl (C=O) groups is 3. The molecule has 7 heteroatoms. The zero-order valence-corrected chi connectivity index (χ0v) is 17.9. The Hall–Kier alpha value is -2.57. The van der Waals surface area contributed by atoms with Gasteiger partial charge in [-0.3, -0.25) is 9.59 Å². The maximum Gasteiger partial charge on any atom is 0.410 e. The molecular weight excluding hydrogens is 370 g/mol. The number of carbonyl (C=O) groups excluding carboxylic acids is 3. The Morgan fingerprint density at radius 2 is 1.90 bits per heavy atom. The Balaban J connectivity index is 1.75. The molecule has 1 unspecified atom stereocenters. The lowest BCUT2D eigenvalue weighted by atomic mass is 9.97. The van der Waals surface area contributed by atoms with Crippen molar-refractivity contribution in [3.05, 3.63) is 35.9 Å². The molecule has 1 saturated heterocycles. The summed E-state index contributed by atoms with van der Waals surface area (Å²) in [6, 6.07) is 8.96. The van der Waals surface area contributed by atoms with Gasteiger partial charge in [0.1, 0.15) is 5.60 Å². The summed E-state index contributed by atoms with van der Waals surface area (Å²) in [5.74, 6) is 0.0843. The summed E-state index contributed by atoms with van der Waals surface area (Å²) in [4.78, 5) is 40.2. The van der Waals surface area contributed by atoms with E-state index in [0.717, 1.165) is 19.4 Å². The molecule has 0 bridgehead atoms. The predicted molar refractivity (Wildman–Crippen MR) is 112 cm³/mol. The maximum absolute atomic E-state index is 12.5. The van der Waals surface area contributed by atoms with Gasteiger partial charge in [0.15, 0.2) is 0 Å². The summed E-state index contributed by atoms with van der Waals surface area (Å²) in [5, 5.41) is 2.79. The van der Waals surface area contributed by atoms with Crippen LogP contribution in [0.15, 0.2) is 30.3 Å². The summed E-state index contributed by atoms with van der Waals surface area (Å²) in [6.07, 6.45) is 1.81. The molecule has 1 N–H and O–H groups in total. The van der Waals surface area contributed by atoms with Crippen LogP contribution >= 0.6 is 0 Å². The molecule has 1 aromatic rings. The lowest BCUT2D eigenvalue weighted by Crippen LogP contribution is -2.45. The number of hydrogen-bond acceptors (Lipinski definition) is 4. The van der Waals surface area contributed by atoms with Crippen molar-refractivity contribution >= 4 is 17.9 Å². The molecule has 1 aliphatic heterocycles. The third-order valence-corrected chi connectivity index (χ3v) is 4.77. The lowest BCUT2D eigenvalue weighted by Gasteiger charge is -2.35. The van der Waals surface area contributed by atoms with E-state index in [0.29, 0.717) is 25.2 Å². The number of hydrogen-bond donors (Lipinski definition) is 1. The van der Waals surface area contributed by atoms with Crippen LogP contribution in [0.3, 0.4) is 0 Å². The number of amides is 3. The second-order valence-corrected chi connectivity index (χ2v) is 8.58. The standard InChI is InChI=1S/C22H33N3O4/c1-22(2,3)29-21(28)24(4)15-17-9-8-14-25(16-17)19(26)12-13-23-20(27)18-10-6-5-7-11-18/h5-7,10-11,17H,8-9,12-16H2,1-4H3,(H,23,27). The zero-order chi connectivity index (χ0) is 21.4. The van der Waals surface area contributed by atoms with Gasteiger partial charge >= 0.3 is 6.09 Å². The summed E-state index contributed by atoms with van der Waals surface area (Å²) in [5.41, 5.74) is 0.0625. The Kier molecular flexibility index (Phi) is 8.05. The first-order chi connectivity index (χ1) is 13.7. The van der Waals surface area contributed by atoms with Gasteiger partial charge in [0.25, 0.3) is 5.91 Å². The third-order valence-electron chi connectivity index (χ3n) is 4.77. The van der Waals surface area contributed by atoms with E-state index >= 15 is 0 Å². The fourth-order valence-corrected chi connectivity index (χ4v) is 3.37. The molecule has 0 spiro atoms. The fraction of sp³-hybridized carbons (Fsp3) is 0.591. The molecule has 0 radical (unpaired) electrons. The number of likely N-dealkylation sites (tertiary alicyclic amines) is 1. The van der Waals surface area contributed by atoms with E-state index in [1.807, 2.05) is 43.9 Å². The van der Waals surface area contributed by atoms with Gasteiger partial charge in [0.05, 0.1) is 0 Å². The van der Waals surface area contributed by atoms with Gasteiger partial charge in [-0.2, -0.15) is 0 Å². The first-order valence-electron chi connectivity index (χ1n) is 10.2. The number of benzene rings is 1. The van der Waals surface area contributed by atoms with Crippen molar-refractivity contribution < 1.29 is 19.1 Å². The maximum atomic E-state index is 12.5. The average Bonchev–Trinajstić information content (AvgIpc) is 2.67. The molecule has 1 heterocycles. The molecule has 1 fully saturated rings. The SMILES string of the molecule is CN(CC1CCCN(C(=O)CCNC(=O)c2ccccc2)C1)C(=O)OC(C)(C)C. The molecule has 7 nitrogen and oxygen atoms in total. The van der Waals surface area contributed by atoms with E-state index in [4.69, 9.17) is 4.74 Å². The smallest absolute Gasteiger partial charge is 0.410 e.